The molecule has 0 aliphatic carbocycles. The van der Waals surface area contributed by atoms with E-state index in [-0.39, 0.29) is 24.1 Å². The van der Waals surface area contributed by atoms with Gasteiger partial charge in [0.2, 0.25) is 0 Å². The third kappa shape index (κ3) is 5.42. The molecule has 0 saturated heterocycles. The van der Waals surface area contributed by atoms with Gasteiger partial charge in [0.15, 0.2) is 0 Å². The summed E-state index contributed by atoms with van der Waals surface area (Å²) in [5.74, 6) is 0.232. The van der Waals surface area contributed by atoms with Crippen LogP contribution in [0.1, 0.15) is 18.9 Å². The van der Waals surface area contributed by atoms with E-state index in [1.54, 1.807) is 24.3 Å². The molecule has 0 fully saturated rings. The van der Waals surface area contributed by atoms with Gasteiger partial charge in [-0.3, -0.25) is 0 Å². The number of nitrogens with zero attached hydrogens (tertiary/aromatic N) is 1. The maximum Gasteiger partial charge on any atom is 0.441 e. The van der Waals surface area contributed by atoms with Gasteiger partial charge in [0.25, 0.3) is 0 Å². The van der Waals surface area contributed by atoms with E-state index in [0.717, 1.165) is 0 Å². The number of ether oxygens (including phenoxy) is 1. The van der Waals surface area contributed by atoms with Gasteiger partial charge in [0.05, 0.1) is 12.3 Å². The predicted octanol–water partition coefficient (Wildman–Crippen LogP) is 3.91. The van der Waals surface area contributed by atoms with Crippen LogP contribution >= 0.6 is 11.8 Å². The average molecular weight is 293 g/mol. The van der Waals surface area contributed by atoms with Crippen LogP contribution in [-0.4, -0.2) is 28.8 Å². The summed E-state index contributed by atoms with van der Waals surface area (Å²) in [6.07, 6.45) is 0.494. The van der Waals surface area contributed by atoms with Crippen LogP contribution in [0.2, 0.25) is 0 Å². The fraction of sp³-hybridized carbons (Fsp3) is 0.417. The largest absolute Gasteiger partial charge is 0.492 e. The molecule has 0 atom stereocenters. The second-order valence-corrected chi connectivity index (χ2v) is 4.70. The van der Waals surface area contributed by atoms with E-state index in [2.05, 4.69) is 5.16 Å². The van der Waals surface area contributed by atoms with Crippen molar-refractivity contribution in [3.8, 4) is 5.75 Å². The lowest BCUT2D eigenvalue weighted by molar-refractivity contribution is -0.0329. The van der Waals surface area contributed by atoms with Crippen molar-refractivity contribution >= 4 is 17.5 Å². The molecule has 0 aliphatic heterocycles. The number of halogens is 3. The molecule has 0 aromatic heterocycles. The van der Waals surface area contributed by atoms with Crippen molar-refractivity contribution in [2.24, 2.45) is 5.16 Å². The van der Waals surface area contributed by atoms with E-state index in [1.165, 1.54) is 0 Å². The Bertz CT molecular complexity index is 435. The van der Waals surface area contributed by atoms with Crippen molar-refractivity contribution in [2.45, 2.75) is 18.9 Å². The van der Waals surface area contributed by atoms with Crippen molar-refractivity contribution in [1.29, 1.82) is 0 Å². The number of hydrogen-bond acceptors (Lipinski definition) is 4. The molecular weight excluding hydrogens is 279 g/mol. The molecule has 3 nitrogen and oxygen atoms in total. The summed E-state index contributed by atoms with van der Waals surface area (Å²) < 4.78 is 41.2. The summed E-state index contributed by atoms with van der Waals surface area (Å²) in [5, 5.41) is 12.0. The van der Waals surface area contributed by atoms with Crippen molar-refractivity contribution in [2.75, 3.05) is 12.4 Å². The Morgan fingerprint density at radius 1 is 1.37 bits per heavy atom. The van der Waals surface area contributed by atoms with Gasteiger partial charge in [0, 0.05) is 11.3 Å². The number of alkyl halides is 3. The molecule has 0 saturated carbocycles. The summed E-state index contributed by atoms with van der Waals surface area (Å²) in [4.78, 5) is 0. The van der Waals surface area contributed by atoms with E-state index in [1.807, 2.05) is 6.92 Å². The van der Waals surface area contributed by atoms with E-state index < -0.39 is 5.51 Å². The van der Waals surface area contributed by atoms with Crippen LogP contribution in [0.5, 0.6) is 5.75 Å². The fourth-order valence-electron chi connectivity index (χ4n) is 1.45. The molecule has 0 spiro atoms. The molecule has 1 aromatic carbocycles. The summed E-state index contributed by atoms with van der Waals surface area (Å²) >= 11 is -0.126. The van der Waals surface area contributed by atoms with Crippen molar-refractivity contribution < 1.29 is 23.1 Å². The third-order valence-corrected chi connectivity index (χ3v) is 2.96. The minimum Gasteiger partial charge on any atom is -0.492 e. The number of benzene rings is 1. The third-order valence-electron chi connectivity index (χ3n) is 2.26. The molecule has 0 aliphatic rings. The molecule has 0 radical (unpaired) electrons. The highest BCUT2D eigenvalue weighted by molar-refractivity contribution is 8.00. The van der Waals surface area contributed by atoms with Crippen LogP contribution < -0.4 is 4.74 Å². The van der Waals surface area contributed by atoms with Gasteiger partial charge in [-0.25, -0.2) is 0 Å². The lowest BCUT2D eigenvalue weighted by Crippen LogP contribution is -2.09. The standard InChI is InChI=1S/C12H14F3NO2S/c1-2-10(16-17)9-5-3-4-6-11(9)18-7-8-19-12(13,14)15/h3-6,17H,2,7-8H2,1H3/b16-10-. The second kappa shape index (κ2) is 7.28. The van der Waals surface area contributed by atoms with Gasteiger partial charge in [-0.1, -0.05) is 24.2 Å². The SMILES string of the molecule is CC/C(=N/O)c1ccccc1OCCSC(F)(F)F. The monoisotopic (exact) mass is 293 g/mol. The van der Waals surface area contributed by atoms with Crippen LogP contribution in [0.3, 0.4) is 0 Å². The number of para-hydroxylation sites is 1. The van der Waals surface area contributed by atoms with Gasteiger partial charge < -0.3 is 9.94 Å². The summed E-state index contributed by atoms with van der Waals surface area (Å²) in [6, 6.07) is 6.78. The van der Waals surface area contributed by atoms with Gasteiger partial charge in [0.1, 0.15) is 5.75 Å². The maximum absolute atomic E-state index is 12.0. The normalized spacial score (nSPS) is 12.5. The summed E-state index contributed by atoms with van der Waals surface area (Å²) in [6.45, 7) is 1.74. The van der Waals surface area contributed by atoms with Gasteiger partial charge in [-0.05, 0) is 30.3 Å². The Morgan fingerprint density at radius 2 is 2.05 bits per heavy atom. The minimum absolute atomic E-state index is 0.0659. The summed E-state index contributed by atoms with van der Waals surface area (Å²) in [7, 11) is 0. The zero-order valence-corrected chi connectivity index (χ0v) is 11.1. The van der Waals surface area contributed by atoms with E-state index in [0.29, 0.717) is 23.4 Å². The summed E-state index contributed by atoms with van der Waals surface area (Å²) in [5.41, 5.74) is -3.23. The van der Waals surface area contributed by atoms with Crippen LogP contribution in [-0.2, 0) is 0 Å². The van der Waals surface area contributed by atoms with Crippen LogP contribution in [0, 0.1) is 0 Å². The lowest BCUT2D eigenvalue weighted by atomic mass is 10.1. The van der Waals surface area contributed by atoms with Crippen LogP contribution in [0.15, 0.2) is 29.4 Å². The van der Waals surface area contributed by atoms with Crippen molar-refractivity contribution in [3.63, 3.8) is 0 Å². The molecule has 1 N–H and O–H groups in total. The highest BCUT2D eigenvalue weighted by Crippen LogP contribution is 2.30. The second-order valence-electron chi connectivity index (χ2n) is 3.54. The molecule has 1 rings (SSSR count). The molecule has 0 heterocycles. The fourth-order valence-corrected chi connectivity index (χ4v) is 1.85. The van der Waals surface area contributed by atoms with E-state index in [4.69, 9.17) is 9.94 Å². The first-order valence-corrected chi connectivity index (χ1v) is 6.60. The molecule has 106 valence electrons. The van der Waals surface area contributed by atoms with Crippen LogP contribution in [0.25, 0.3) is 0 Å². The van der Waals surface area contributed by atoms with Crippen molar-refractivity contribution in [1.82, 2.24) is 0 Å². The van der Waals surface area contributed by atoms with Crippen molar-refractivity contribution in [3.05, 3.63) is 29.8 Å². The number of rotatable bonds is 6. The van der Waals surface area contributed by atoms with Gasteiger partial charge >= 0.3 is 5.51 Å². The Labute approximate surface area is 113 Å². The first kappa shape index (κ1) is 15.7. The highest BCUT2D eigenvalue weighted by Gasteiger charge is 2.27. The molecule has 19 heavy (non-hydrogen) atoms. The first-order chi connectivity index (χ1) is 8.98. The molecule has 0 amide bonds. The number of hydrogen-bond donors (Lipinski definition) is 1. The number of oxime groups is 1. The topological polar surface area (TPSA) is 41.8 Å². The zero-order chi connectivity index (χ0) is 14.3. The van der Waals surface area contributed by atoms with Gasteiger partial charge in [-0.2, -0.15) is 13.2 Å². The lowest BCUT2D eigenvalue weighted by Gasteiger charge is -2.12. The smallest absolute Gasteiger partial charge is 0.441 e. The van der Waals surface area contributed by atoms with E-state index in [9.17, 15) is 13.2 Å². The Morgan fingerprint density at radius 3 is 2.63 bits per heavy atom. The molecule has 0 unspecified atom stereocenters. The molecule has 1 aromatic rings. The maximum atomic E-state index is 12.0. The highest BCUT2D eigenvalue weighted by atomic mass is 32.2. The molecular formula is C12H14F3NO2S. The predicted molar refractivity (Wildman–Crippen MR) is 69.1 cm³/mol. The van der Waals surface area contributed by atoms with Gasteiger partial charge in [-0.15, -0.1) is 0 Å². The Balaban J connectivity index is 2.64. The minimum atomic E-state index is -4.25. The quantitative estimate of drug-likeness (QED) is 0.374. The van der Waals surface area contributed by atoms with Crippen LogP contribution in [0.4, 0.5) is 13.2 Å². The Kier molecular flexibility index (Phi) is 6.01. The Hall–Kier alpha value is -1.37. The first-order valence-electron chi connectivity index (χ1n) is 5.61. The number of thioether (sulfide) groups is 1. The molecule has 7 heteroatoms. The zero-order valence-electron chi connectivity index (χ0n) is 10.3. The van der Waals surface area contributed by atoms with E-state index >= 15 is 0 Å². The molecule has 0 bridgehead atoms. The average Bonchev–Trinajstić information content (AvgIpc) is 2.36.